The number of aliphatic hydroxyl groups excluding tert-OH is 1. The van der Waals surface area contributed by atoms with Crippen molar-refractivity contribution < 1.29 is 5.11 Å². The van der Waals surface area contributed by atoms with Gasteiger partial charge in [0.1, 0.15) is 17.5 Å². The summed E-state index contributed by atoms with van der Waals surface area (Å²) >= 11 is 0. The van der Waals surface area contributed by atoms with Crippen molar-refractivity contribution in [3.05, 3.63) is 11.9 Å². The molecule has 0 saturated heterocycles. The van der Waals surface area contributed by atoms with Gasteiger partial charge in [0.15, 0.2) is 0 Å². The van der Waals surface area contributed by atoms with E-state index < -0.39 is 0 Å². The van der Waals surface area contributed by atoms with Gasteiger partial charge in [0.25, 0.3) is 0 Å². The van der Waals surface area contributed by atoms with E-state index in [-0.39, 0.29) is 12.6 Å². The average Bonchev–Trinajstić information content (AvgIpc) is 3.08. The highest BCUT2D eigenvalue weighted by Crippen LogP contribution is 2.38. The number of nitrogen functional groups attached to an aromatic ring is 1. The molecule has 0 aromatic carbocycles. The topological polar surface area (TPSA) is 84.1 Å². The SMILES string of the molecule is CC(C)C(CO)Nc1cc(N)nc(C2CC2)n1. The fraction of sp³-hybridized carbons (Fsp3) is 0.667. The molecule has 0 aliphatic heterocycles. The van der Waals surface area contributed by atoms with E-state index in [1.54, 1.807) is 6.07 Å². The van der Waals surface area contributed by atoms with Crippen LogP contribution < -0.4 is 11.1 Å². The minimum Gasteiger partial charge on any atom is -0.394 e. The molecule has 1 heterocycles. The minimum absolute atomic E-state index is 0.00338. The van der Waals surface area contributed by atoms with Crippen LogP contribution in [0, 0.1) is 5.92 Å². The molecule has 94 valence electrons. The Labute approximate surface area is 101 Å². The molecule has 1 aliphatic rings. The molecule has 1 unspecified atom stereocenters. The van der Waals surface area contributed by atoms with E-state index in [2.05, 4.69) is 29.1 Å². The number of nitrogens with zero attached hydrogens (tertiary/aromatic N) is 2. The number of rotatable bonds is 5. The predicted octanol–water partition coefficient (Wildman–Crippen LogP) is 1.36. The van der Waals surface area contributed by atoms with Crippen LogP contribution in [0.5, 0.6) is 0 Å². The second-order valence-corrected chi connectivity index (χ2v) is 4.99. The molecule has 1 aromatic rings. The van der Waals surface area contributed by atoms with Crippen molar-refractivity contribution in [2.45, 2.75) is 38.6 Å². The monoisotopic (exact) mass is 236 g/mol. The number of nitrogens with two attached hydrogens (primary N) is 1. The lowest BCUT2D eigenvalue weighted by atomic mass is 10.1. The maximum atomic E-state index is 9.28. The van der Waals surface area contributed by atoms with Crippen LogP contribution in [-0.2, 0) is 0 Å². The number of nitrogens with one attached hydrogen (secondary N) is 1. The van der Waals surface area contributed by atoms with Gasteiger partial charge in [-0.25, -0.2) is 9.97 Å². The van der Waals surface area contributed by atoms with Crippen molar-refractivity contribution in [1.82, 2.24) is 9.97 Å². The molecule has 0 bridgehead atoms. The van der Waals surface area contributed by atoms with Gasteiger partial charge in [-0.15, -0.1) is 0 Å². The lowest BCUT2D eigenvalue weighted by Crippen LogP contribution is -2.30. The molecular weight excluding hydrogens is 216 g/mol. The summed E-state index contributed by atoms with van der Waals surface area (Å²) in [5.74, 6) is 2.84. The number of anilines is 2. The van der Waals surface area contributed by atoms with E-state index in [0.29, 0.717) is 23.5 Å². The second kappa shape index (κ2) is 4.87. The third-order valence-corrected chi connectivity index (χ3v) is 3.04. The molecule has 17 heavy (non-hydrogen) atoms. The van der Waals surface area contributed by atoms with Gasteiger partial charge in [0, 0.05) is 12.0 Å². The summed E-state index contributed by atoms with van der Waals surface area (Å²) in [6, 6.07) is 1.72. The third kappa shape index (κ3) is 3.06. The highest BCUT2D eigenvalue weighted by molar-refractivity contribution is 5.46. The van der Waals surface area contributed by atoms with Crippen LogP contribution in [0.15, 0.2) is 6.07 Å². The zero-order chi connectivity index (χ0) is 12.4. The lowest BCUT2D eigenvalue weighted by molar-refractivity contribution is 0.249. The van der Waals surface area contributed by atoms with Crippen molar-refractivity contribution in [3.63, 3.8) is 0 Å². The number of aromatic nitrogens is 2. The van der Waals surface area contributed by atoms with Crippen molar-refractivity contribution in [3.8, 4) is 0 Å². The summed E-state index contributed by atoms with van der Waals surface area (Å²) in [5, 5.41) is 12.5. The molecule has 1 atom stereocenters. The van der Waals surface area contributed by atoms with Gasteiger partial charge in [-0.1, -0.05) is 13.8 Å². The van der Waals surface area contributed by atoms with E-state index in [9.17, 15) is 5.11 Å². The van der Waals surface area contributed by atoms with E-state index in [1.807, 2.05) is 0 Å². The van der Waals surface area contributed by atoms with Gasteiger partial charge in [0.05, 0.1) is 12.6 Å². The Kier molecular flexibility index (Phi) is 3.47. The summed E-state index contributed by atoms with van der Waals surface area (Å²) in [6.45, 7) is 4.20. The quantitative estimate of drug-likeness (QED) is 0.719. The molecule has 1 aliphatic carbocycles. The fourth-order valence-corrected chi connectivity index (χ4v) is 1.70. The van der Waals surface area contributed by atoms with Crippen LogP contribution >= 0.6 is 0 Å². The summed E-state index contributed by atoms with van der Waals surface area (Å²) < 4.78 is 0. The Morgan fingerprint density at radius 1 is 1.47 bits per heavy atom. The van der Waals surface area contributed by atoms with E-state index in [4.69, 9.17) is 5.73 Å². The Balaban J connectivity index is 2.14. The van der Waals surface area contributed by atoms with Crippen LogP contribution in [-0.4, -0.2) is 27.7 Å². The zero-order valence-electron chi connectivity index (χ0n) is 10.3. The van der Waals surface area contributed by atoms with Crippen LogP contribution in [0.1, 0.15) is 38.4 Å². The van der Waals surface area contributed by atoms with Gasteiger partial charge >= 0.3 is 0 Å². The normalized spacial score (nSPS) is 17.2. The number of aliphatic hydroxyl groups is 1. The van der Waals surface area contributed by atoms with Crippen LogP contribution in [0.3, 0.4) is 0 Å². The highest BCUT2D eigenvalue weighted by Gasteiger charge is 2.27. The highest BCUT2D eigenvalue weighted by atomic mass is 16.3. The van der Waals surface area contributed by atoms with Crippen LogP contribution in [0.4, 0.5) is 11.6 Å². The lowest BCUT2D eigenvalue weighted by Gasteiger charge is -2.20. The van der Waals surface area contributed by atoms with Crippen molar-refractivity contribution >= 4 is 11.6 Å². The largest absolute Gasteiger partial charge is 0.394 e. The van der Waals surface area contributed by atoms with Crippen LogP contribution in [0.2, 0.25) is 0 Å². The molecule has 2 rings (SSSR count). The van der Waals surface area contributed by atoms with E-state index in [0.717, 1.165) is 18.7 Å². The molecule has 1 aromatic heterocycles. The smallest absolute Gasteiger partial charge is 0.136 e. The molecule has 0 radical (unpaired) electrons. The maximum Gasteiger partial charge on any atom is 0.136 e. The molecule has 0 amide bonds. The van der Waals surface area contributed by atoms with Crippen molar-refractivity contribution in [2.24, 2.45) is 5.92 Å². The predicted molar refractivity (Wildman–Crippen MR) is 67.8 cm³/mol. The van der Waals surface area contributed by atoms with Gasteiger partial charge in [-0.3, -0.25) is 0 Å². The first kappa shape index (κ1) is 12.1. The fourth-order valence-electron chi connectivity index (χ4n) is 1.70. The van der Waals surface area contributed by atoms with E-state index >= 15 is 0 Å². The molecule has 4 N–H and O–H groups in total. The molecule has 5 nitrogen and oxygen atoms in total. The second-order valence-electron chi connectivity index (χ2n) is 4.99. The third-order valence-electron chi connectivity index (χ3n) is 3.04. The molecule has 1 fully saturated rings. The molecule has 1 saturated carbocycles. The van der Waals surface area contributed by atoms with Gasteiger partial charge in [-0.2, -0.15) is 0 Å². The zero-order valence-corrected chi connectivity index (χ0v) is 10.3. The molecule has 5 heteroatoms. The first-order valence-electron chi connectivity index (χ1n) is 6.12. The van der Waals surface area contributed by atoms with Crippen molar-refractivity contribution in [1.29, 1.82) is 0 Å². The number of hydrogen-bond acceptors (Lipinski definition) is 5. The Morgan fingerprint density at radius 2 is 2.18 bits per heavy atom. The average molecular weight is 236 g/mol. The summed E-state index contributed by atoms with van der Waals surface area (Å²) in [6.07, 6.45) is 2.30. The molecule has 0 spiro atoms. The Hall–Kier alpha value is -1.36. The van der Waals surface area contributed by atoms with Crippen LogP contribution in [0.25, 0.3) is 0 Å². The van der Waals surface area contributed by atoms with Gasteiger partial charge in [0.2, 0.25) is 0 Å². The summed E-state index contributed by atoms with van der Waals surface area (Å²) in [5.41, 5.74) is 5.76. The summed E-state index contributed by atoms with van der Waals surface area (Å²) in [7, 11) is 0. The number of hydrogen-bond donors (Lipinski definition) is 3. The maximum absolute atomic E-state index is 9.28. The van der Waals surface area contributed by atoms with Gasteiger partial charge in [-0.05, 0) is 18.8 Å². The van der Waals surface area contributed by atoms with Gasteiger partial charge < -0.3 is 16.2 Å². The summed E-state index contributed by atoms with van der Waals surface area (Å²) in [4.78, 5) is 8.69. The first-order valence-corrected chi connectivity index (χ1v) is 6.12. The Bertz CT molecular complexity index is 390. The standard InChI is InChI=1S/C12H20N4O/c1-7(2)9(6-17)14-11-5-10(13)15-12(16-11)8-3-4-8/h5,7-9,17H,3-4,6H2,1-2H3,(H3,13,14,15,16). The molecular formula is C12H20N4O. The Morgan fingerprint density at radius 3 is 2.71 bits per heavy atom. The minimum atomic E-state index is -0.00338. The van der Waals surface area contributed by atoms with Crippen molar-refractivity contribution in [2.75, 3.05) is 17.7 Å². The van der Waals surface area contributed by atoms with E-state index in [1.165, 1.54) is 0 Å². The first-order chi connectivity index (χ1) is 8.10.